The number of hydrogen-bond donors (Lipinski definition) is 1. The molecular weight excluding hydrogens is 264 g/mol. The van der Waals surface area contributed by atoms with Gasteiger partial charge in [0.05, 0.1) is 30.6 Å². The Morgan fingerprint density at radius 1 is 1.37 bits per heavy atom. The molecule has 0 unspecified atom stereocenters. The normalized spacial score (nSPS) is 10.0. The molecule has 98 valence electrons. The zero-order valence-electron chi connectivity index (χ0n) is 10.4. The number of esters is 1. The van der Waals surface area contributed by atoms with E-state index in [2.05, 4.69) is 10.3 Å². The molecule has 0 saturated heterocycles. The minimum absolute atomic E-state index is 0.403. The molecule has 1 aromatic carbocycles. The van der Waals surface area contributed by atoms with Crippen molar-refractivity contribution in [1.29, 1.82) is 0 Å². The quantitative estimate of drug-likeness (QED) is 0.872. The Bertz CT molecular complexity index is 573. The van der Waals surface area contributed by atoms with E-state index in [-0.39, 0.29) is 0 Å². The molecule has 1 N–H and O–H groups in total. The number of nitrogens with one attached hydrogen (secondary N) is 1. The van der Waals surface area contributed by atoms with E-state index in [9.17, 15) is 4.79 Å². The highest BCUT2D eigenvalue weighted by Crippen LogP contribution is 2.22. The molecule has 4 nitrogen and oxygen atoms in total. The van der Waals surface area contributed by atoms with E-state index in [0.29, 0.717) is 22.8 Å². The first-order valence-corrected chi connectivity index (χ1v) is 6.10. The summed E-state index contributed by atoms with van der Waals surface area (Å²) in [6, 6.07) is 10.6. The molecule has 5 heteroatoms. The van der Waals surface area contributed by atoms with Crippen LogP contribution in [0.4, 0.5) is 5.69 Å². The lowest BCUT2D eigenvalue weighted by atomic mass is 10.1. The Morgan fingerprint density at radius 2 is 2.21 bits per heavy atom. The fraction of sp³-hybridized carbons (Fsp3) is 0.143. The van der Waals surface area contributed by atoms with E-state index in [4.69, 9.17) is 16.3 Å². The molecule has 0 saturated carbocycles. The summed E-state index contributed by atoms with van der Waals surface area (Å²) in [6.07, 6.45) is 1.72. The number of anilines is 1. The van der Waals surface area contributed by atoms with Gasteiger partial charge in [0.25, 0.3) is 0 Å². The van der Waals surface area contributed by atoms with Gasteiger partial charge in [-0.15, -0.1) is 0 Å². The van der Waals surface area contributed by atoms with Crippen molar-refractivity contribution in [2.75, 3.05) is 12.4 Å². The fourth-order valence-corrected chi connectivity index (χ4v) is 1.81. The van der Waals surface area contributed by atoms with Crippen molar-refractivity contribution in [2.45, 2.75) is 6.54 Å². The SMILES string of the molecule is COC(=O)c1ccc(Cl)cc1NCc1ccccn1. The van der Waals surface area contributed by atoms with Crippen LogP contribution in [0.25, 0.3) is 0 Å². The topological polar surface area (TPSA) is 51.2 Å². The number of rotatable bonds is 4. The zero-order valence-corrected chi connectivity index (χ0v) is 11.1. The molecule has 0 bridgehead atoms. The smallest absolute Gasteiger partial charge is 0.339 e. The molecule has 0 aliphatic carbocycles. The van der Waals surface area contributed by atoms with Crippen LogP contribution in [0.5, 0.6) is 0 Å². The first kappa shape index (κ1) is 13.4. The predicted molar refractivity (Wildman–Crippen MR) is 74.4 cm³/mol. The summed E-state index contributed by atoms with van der Waals surface area (Å²) in [4.78, 5) is 15.8. The molecule has 0 aliphatic heterocycles. The second-order valence-electron chi connectivity index (χ2n) is 3.86. The molecule has 1 aromatic heterocycles. The van der Waals surface area contributed by atoms with Crippen molar-refractivity contribution >= 4 is 23.3 Å². The minimum atomic E-state index is -0.403. The van der Waals surface area contributed by atoms with Gasteiger partial charge in [0, 0.05) is 11.2 Å². The van der Waals surface area contributed by atoms with Crippen molar-refractivity contribution in [2.24, 2.45) is 0 Å². The number of benzene rings is 1. The van der Waals surface area contributed by atoms with Crippen LogP contribution in [0.15, 0.2) is 42.6 Å². The van der Waals surface area contributed by atoms with Crippen LogP contribution in [-0.4, -0.2) is 18.1 Å². The lowest BCUT2D eigenvalue weighted by molar-refractivity contribution is 0.0602. The fourth-order valence-electron chi connectivity index (χ4n) is 1.64. The maximum atomic E-state index is 11.6. The zero-order chi connectivity index (χ0) is 13.7. The van der Waals surface area contributed by atoms with Crippen molar-refractivity contribution in [3.63, 3.8) is 0 Å². The lowest BCUT2D eigenvalue weighted by Crippen LogP contribution is -2.08. The average Bonchev–Trinajstić information content (AvgIpc) is 2.45. The Kier molecular flexibility index (Phi) is 4.36. The highest BCUT2D eigenvalue weighted by Gasteiger charge is 2.12. The number of aromatic nitrogens is 1. The van der Waals surface area contributed by atoms with Gasteiger partial charge < -0.3 is 10.1 Å². The molecule has 0 spiro atoms. The van der Waals surface area contributed by atoms with E-state index in [1.807, 2.05) is 18.2 Å². The lowest BCUT2D eigenvalue weighted by Gasteiger charge is -2.10. The predicted octanol–water partition coefficient (Wildman–Crippen LogP) is 3.13. The van der Waals surface area contributed by atoms with E-state index in [1.54, 1.807) is 24.4 Å². The highest BCUT2D eigenvalue weighted by atomic mass is 35.5. The largest absolute Gasteiger partial charge is 0.465 e. The molecule has 1 heterocycles. The average molecular weight is 277 g/mol. The third-order valence-electron chi connectivity index (χ3n) is 2.57. The highest BCUT2D eigenvalue weighted by molar-refractivity contribution is 6.31. The molecule has 2 rings (SSSR count). The van der Waals surface area contributed by atoms with E-state index < -0.39 is 5.97 Å². The maximum absolute atomic E-state index is 11.6. The number of hydrogen-bond acceptors (Lipinski definition) is 4. The van der Waals surface area contributed by atoms with Gasteiger partial charge in [0.2, 0.25) is 0 Å². The van der Waals surface area contributed by atoms with Gasteiger partial charge >= 0.3 is 5.97 Å². The Labute approximate surface area is 116 Å². The summed E-state index contributed by atoms with van der Waals surface area (Å²) in [5.74, 6) is -0.403. The van der Waals surface area contributed by atoms with Crippen LogP contribution < -0.4 is 5.32 Å². The van der Waals surface area contributed by atoms with Crippen molar-refractivity contribution < 1.29 is 9.53 Å². The first-order chi connectivity index (χ1) is 9.20. The molecule has 0 aliphatic rings. The van der Waals surface area contributed by atoms with Crippen molar-refractivity contribution in [1.82, 2.24) is 4.98 Å². The third kappa shape index (κ3) is 3.45. The molecule has 19 heavy (non-hydrogen) atoms. The van der Waals surface area contributed by atoms with Crippen molar-refractivity contribution in [3.8, 4) is 0 Å². The second-order valence-corrected chi connectivity index (χ2v) is 4.29. The molecule has 2 aromatic rings. The summed E-state index contributed by atoms with van der Waals surface area (Å²) in [5.41, 5.74) is 1.95. The summed E-state index contributed by atoms with van der Waals surface area (Å²) in [7, 11) is 1.35. The van der Waals surface area contributed by atoms with E-state index in [0.717, 1.165) is 5.69 Å². The van der Waals surface area contributed by atoms with Gasteiger partial charge in [-0.2, -0.15) is 0 Å². The number of methoxy groups -OCH3 is 1. The number of carbonyl (C=O) groups excluding carboxylic acids is 1. The maximum Gasteiger partial charge on any atom is 0.339 e. The van der Waals surface area contributed by atoms with Crippen LogP contribution in [0.1, 0.15) is 16.1 Å². The van der Waals surface area contributed by atoms with Crippen LogP contribution in [-0.2, 0) is 11.3 Å². The van der Waals surface area contributed by atoms with Crippen LogP contribution >= 0.6 is 11.6 Å². The Balaban J connectivity index is 2.19. The van der Waals surface area contributed by atoms with Crippen LogP contribution in [0.3, 0.4) is 0 Å². The second kappa shape index (κ2) is 6.20. The molecule has 0 fully saturated rings. The van der Waals surface area contributed by atoms with Crippen LogP contribution in [0, 0.1) is 0 Å². The molecule has 0 atom stereocenters. The number of nitrogens with zero attached hydrogens (tertiary/aromatic N) is 1. The van der Waals surface area contributed by atoms with Gasteiger partial charge in [0.15, 0.2) is 0 Å². The Hall–Kier alpha value is -2.07. The number of halogens is 1. The molecular formula is C14H13ClN2O2. The number of ether oxygens (including phenoxy) is 1. The van der Waals surface area contributed by atoms with E-state index >= 15 is 0 Å². The molecule has 0 amide bonds. The van der Waals surface area contributed by atoms with Gasteiger partial charge in [0.1, 0.15) is 0 Å². The minimum Gasteiger partial charge on any atom is -0.465 e. The third-order valence-corrected chi connectivity index (χ3v) is 2.81. The number of pyridine rings is 1. The van der Waals surface area contributed by atoms with Gasteiger partial charge in [-0.25, -0.2) is 4.79 Å². The summed E-state index contributed by atoms with van der Waals surface area (Å²) >= 11 is 5.94. The van der Waals surface area contributed by atoms with Crippen molar-refractivity contribution in [3.05, 3.63) is 58.9 Å². The summed E-state index contributed by atoms with van der Waals surface area (Å²) in [5, 5.41) is 3.69. The number of carbonyl (C=O) groups is 1. The van der Waals surface area contributed by atoms with Crippen LogP contribution in [0.2, 0.25) is 5.02 Å². The summed E-state index contributed by atoms with van der Waals surface area (Å²) < 4.78 is 4.73. The van der Waals surface area contributed by atoms with Gasteiger partial charge in [-0.1, -0.05) is 17.7 Å². The first-order valence-electron chi connectivity index (χ1n) is 5.72. The van der Waals surface area contributed by atoms with Gasteiger partial charge in [-0.3, -0.25) is 4.98 Å². The van der Waals surface area contributed by atoms with E-state index in [1.165, 1.54) is 7.11 Å². The van der Waals surface area contributed by atoms with Gasteiger partial charge in [-0.05, 0) is 30.3 Å². The standard InChI is InChI=1S/C14H13ClN2O2/c1-19-14(18)12-6-5-10(15)8-13(12)17-9-11-4-2-3-7-16-11/h2-8,17H,9H2,1H3. The monoisotopic (exact) mass is 276 g/mol. The summed E-state index contributed by atoms with van der Waals surface area (Å²) in [6.45, 7) is 0.505. The Morgan fingerprint density at radius 3 is 2.89 bits per heavy atom. The molecule has 0 radical (unpaired) electrons.